The van der Waals surface area contributed by atoms with Crippen LogP contribution in [0.15, 0.2) is 0 Å². The van der Waals surface area contributed by atoms with Crippen molar-refractivity contribution in [3.63, 3.8) is 0 Å². The van der Waals surface area contributed by atoms with Crippen LogP contribution in [0.3, 0.4) is 0 Å². The third-order valence-corrected chi connectivity index (χ3v) is 4.51. The SMILES string of the molecule is CC(=O)N[C@@H]1C[C@H](CO)N(CCO)C1(O)[C@H]1CCNC1. The maximum absolute atomic E-state index is 11.4. The molecule has 0 aromatic carbocycles. The molecule has 0 aromatic heterocycles. The Hall–Kier alpha value is -0.730. The van der Waals surface area contributed by atoms with Crippen molar-refractivity contribution in [3.05, 3.63) is 0 Å². The molecule has 0 aromatic rings. The van der Waals surface area contributed by atoms with Crippen LogP contribution in [0.25, 0.3) is 0 Å². The van der Waals surface area contributed by atoms with E-state index in [0.717, 1.165) is 13.0 Å². The number of likely N-dealkylation sites (tertiary alicyclic amines) is 1. The second-order valence-electron chi connectivity index (χ2n) is 5.71. The number of amides is 1. The number of β-amino-alcohol motifs (C(OH)–C–C–N with tert-alkyl or cyclic N) is 1. The van der Waals surface area contributed by atoms with Crippen molar-refractivity contribution < 1.29 is 20.1 Å². The third-order valence-electron chi connectivity index (χ3n) is 4.51. The van der Waals surface area contributed by atoms with Crippen LogP contribution in [0.5, 0.6) is 0 Å². The Morgan fingerprint density at radius 1 is 1.50 bits per heavy atom. The lowest BCUT2D eigenvalue weighted by molar-refractivity contribution is -0.155. The molecule has 5 N–H and O–H groups in total. The normalized spacial score (nSPS) is 38.3. The number of hydrogen-bond donors (Lipinski definition) is 5. The molecule has 2 heterocycles. The number of carbonyl (C=O) groups is 1. The first-order valence-electron chi connectivity index (χ1n) is 7.22. The number of aliphatic hydroxyl groups is 3. The number of rotatable bonds is 5. The van der Waals surface area contributed by atoms with Gasteiger partial charge in [-0.1, -0.05) is 0 Å². The summed E-state index contributed by atoms with van der Waals surface area (Å²) >= 11 is 0. The molecule has 0 bridgehead atoms. The van der Waals surface area contributed by atoms with Crippen molar-refractivity contribution >= 4 is 5.91 Å². The molecule has 0 spiro atoms. The zero-order chi connectivity index (χ0) is 14.8. The first kappa shape index (κ1) is 15.7. The molecule has 1 unspecified atom stereocenters. The van der Waals surface area contributed by atoms with E-state index in [1.165, 1.54) is 6.92 Å². The minimum Gasteiger partial charge on any atom is -0.395 e. The minimum atomic E-state index is -1.22. The molecule has 20 heavy (non-hydrogen) atoms. The van der Waals surface area contributed by atoms with Gasteiger partial charge in [0.1, 0.15) is 5.72 Å². The number of nitrogens with one attached hydrogen (secondary N) is 2. The summed E-state index contributed by atoms with van der Waals surface area (Å²) in [6.07, 6.45) is 1.30. The van der Waals surface area contributed by atoms with Gasteiger partial charge in [-0.05, 0) is 19.4 Å². The summed E-state index contributed by atoms with van der Waals surface area (Å²) < 4.78 is 0. The van der Waals surface area contributed by atoms with E-state index in [2.05, 4.69) is 10.6 Å². The topological polar surface area (TPSA) is 105 Å². The number of nitrogens with zero attached hydrogens (tertiary/aromatic N) is 1. The summed E-state index contributed by atoms with van der Waals surface area (Å²) in [5, 5.41) is 36.0. The van der Waals surface area contributed by atoms with Gasteiger partial charge in [0.05, 0.1) is 19.3 Å². The van der Waals surface area contributed by atoms with Crippen molar-refractivity contribution in [1.82, 2.24) is 15.5 Å². The van der Waals surface area contributed by atoms with Gasteiger partial charge in [-0.2, -0.15) is 0 Å². The fourth-order valence-electron chi connectivity index (χ4n) is 3.65. The first-order chi connectivity index (χ1) is 9.53. The highest BCUT2D eigenvalue weighted by Crippen LogP contribution is 2.40. The summed E-state index contributed by atoms with van der Waals surface area (Å²) in [5.41, 5.74) is -1.22. The fourth-order valence-corrected chi connectivity index (χ4v) is 3.65. The van der Waals surface area contributed by atoms with Crippen LogP contribution in [0.4, 0.5) is 0 Å². The van der Waals surface area contributed by atoms with Crippen LogP contribution in [0.1, 0.15) is 19.8 Å². The zero-order valence-electron chi connectivity index (χ0n) is 11.9. The molecule has 4 atom stereocenters. The van der Waals surface area contributed by atoms with Crippen molar-refractivity contribution in [2.75, 3.05) is 32.8 Å². The minimum absolute atomic E-state index is 0.0255. The Labute approximate surface area is 119 Å². The average Bonchev–Trinajstić information content (AvgIpc) is 3.01. The van der Waals surface area contributed by atoms with Gasteiger partial charge >= 0.3 is 0 Å². The fraction of sp³-hybridized carbons (Fsp3) is 0.923. The van der Waals surface area contributed by atoms with E-state index in [-0.39, 0.29) is 37.6 Å². The Kier molecular flexibility index (Phi) is 4.98. The van der Waals surface area contributed by atoms with Gasteiger partial charge in [-0.3, -0.25) is 9.69 Å². The van der Waals surface area contributed by atoms with Gasteiger partial charge in [-0.25, -0.2) is 0 Å². The van der Waals surface area contributed by atoms with E-state index < -0.39 is 11.8 Å². The van der Waals surface area contributed by atoms with E-state index >= 15 is 0 Å². The standard InChI is InChI=1S/C13H25N3O4/c1-9(19)15-12-6-11(8-18)16(4-5-17)13(12,20)10-2-3-14-7-10/h10-12,14,17-18,20H,2-8H2,1H3,(H,15,19)/t10-,11+,12+,13?/m0/s1. The smallest absolute Gasteiger partial charge is 0.217 e. The Morgan fingerprint density at radius 2 is 2.25 bits per heavy atom. The van der Waals surface area contributed by atoms with Crippen molar-refractivity contribution in [3.8, 4) is 0 Å². The van der Waals surface area contributed by atoms with Crippen LogP contribution in [-0.4, -0.2) is 76.8 Å². The zero-order valence-corrected chi connectivity index (χ0v) is 11.9. The van der Waals surface area contributed by atoms with Crippen molar-refractivity contribution in [2.45, 2.75) is 37.6 Å². The molecular formula is C13H25N3O4. The van der Waals surface area contributed by atoms with Gasteiger partial charge in [0.15, 0.2) is 0 Å². The average molecular weight is 287 g/mol. The summed E-state index contributed by atoms with van der Waals surface area (Å²) in [6.45, 7) is 3.03. The lowest BCUT2D eigenvalue weighted by Gasteiger charge is -2.43. The second kappa shape index (κ2) is 6.36. The van der Waals surface area contributed by atoms with Crippen LogP contribution >= 0.6 is 0 Å². The highest BCUT2D eigenvalue weighted by Gasteiger charge is 2.56. The predicted molar refractivity (Wildman–Crippen MR) is 72.8 cm³/mol. The maximum atomic E-state index is 11.4. The maximum Gasteiger partial charge on any atom is 0.217 e. The lowest BCUT2D eigenvalue weighted by atomic mass is 9.88. The largest absolute Gasteiger partial charge is 0.395 e. The van der Waals surface area contributed by atoms with E-state index in [0.29, 0.717) is 13.0 Å². The Bertz CT molecular complexity index is 349. The third kappa shape index (κ3) is 2.68. The molecule has 2 aliphatic heterocycles. The van der Waals surface area contributed by atoms with Gasteiger partial charge in [0, 0.05) is 32.0 Å². The molecule has 2 aliphatic rings. The summed E-state index contributed by atoms with van der Waals surface area (Å²) in [5.74, 6) is -0.218. The predicted octanol–water partition coefficient (Wildman–Crippen LogP) is -2.15. The van der Waals surface area contributed by atoms with Gasteiger partial charge in [0.2, 0.25) is 5.91 Å². The highest BCUT2D eigenvalue weighted by molar-refractivity contribution is 5.73. The number of aliphatic hydroxyl groups excluding tert-OH is 2. The molecule has 0 aliphatic carbocycles. The molecular weight excluding hydrogens is 262 g/mol. The molecule has 0 saturated carbocycles. The van der Waals surface area contributed by atoms with E-state index in [1.807, 2.05) is 0 Å². The second-order valence-corrected chi connectivity index (χ2v) is 5.71. The lowest BCUT2D eigenvalue weighted by Crippen LogP contribution is -2.62. The Morgan fingerprint density at radius 3 is 2.75 bits per heavy atom. The number of hydrogen-bond acceptors (Lipinski definition) is 6. The summed E-state index contributed by atoms with van der Waals surface area (Å²) in [4.78, 5) is 13.1. The van der Waals surface area contributed by atoms with E-state index in [4.69, 9.17) is 0 Å². The Balaban J connectivity index is 2.28. The van der Waals surface area contributed by atoms with Crippen molar-refractivity contribution in [1.29, 1.82) is 0 Å². The van der Waals surface area contributed by atoms with Gasteiger partial charge in [0.25, 0.3) is 0 Å². The van der Waals surface area contributed by atoms with Crippen molar-refractivity contribution in [2.24, 2.45) is 5.92 Å². The first-order valence-corrected chi connectivity index (χ1v) is 7.22. The quantitative estimate of drug-likeness (QED) is 0.395. The van der Waals surface area contributed by atoms with Gasteiger partial charge in [-0.15, -0.1) is 0 Å². The van der Waals surface area contributed by atoms with Crippen LogP contribution in [-0.2, 0) is 4.79 Å². The molecule has 2 saturated heterocycles. The summed E-state index contributed by atoms with van der Waals surface area (Å²) in [7, 11) is 0. The molecule has 116 valence electrons. The molecule has 0 radical (unpaired) electrons. The molecule has 7 nitrogen and oxygen atoms in total. The van der Waals surface area contributed by atoms with E-state index in [1.54, 1.807) is 4.90 Å². The van der Waals surface area contributed by atoms with Crippen LogP contribution in [0, 0.1) is 5.92 Å². The molecule has 7 heteroatoms. The van der Waals surface area contributed by atoms with Crippen LogP contribution < -0.4 is 10.6 Å². The molecule has 1 amide bonds. The molecule has 2 fully saturated rings. The van der Waals surface area contributed by atoms with E-state index in [9.17, 15) is 20.1 Å². The van der Waals surface area contributed by atoms with Gasteiger partial charge < -0.3 is 26.0 Å². The summed E-state index contributed by atoms with van der Waals surface area (Å²) in [6, 6.07) is -0.668. The van der Waals surface area contributed by atoms with Crippen LogP contribution in [0.2, 0.25) is 0 Å². The molecule has 2 rings (SSSR count). The highest BCUT2D eigenvalue weighted by atomic mass is 16.3. The number of carbonyl (C=O) groups excluding carboxylic acids is 1. The monoisotopic (exact) mass is 287 g/mol.